The second-order valence-corrected chi connectivity index (χ2v) is 7.93. The van der Waals surface area contributed by atoms with Gasteiger partial charge in [0.25, 0.3) is 5.91 Å². The predicted octanol–water partition coefficient (Wildman–Crippen LogP) is 2.48. The molecular formula is C16H25N3O2S. The first-order chi connectivity index (χ1) is 10.2. The molecule has 122 valence electrons. The molecular weight excluding hydrogens is 298 g/mol. The highest BCUT2D eigenvalue weighted by molar-refractivity contribution is 7.18. The number of hydrogen-bond donors (Lipinski definition) is 2. The van der Waals surface area contributed by atoms with Crippen molar-refractivity contribution in [2.75, 3.05) is 25.0 Å². The van der Waals surface area contributed by atoms with Crippen LogP contribution in [0.15, 0.2) is 6.07 Å². The highest BCUT2D eigenvalue weighted by atomic mass is 32.1. The van der Waals surface area contributed by atoms with E-state index >= 15 is 0 Å². The Balaban J connectivity index is 2.15. The molecule has 0 unspecified atom stereocenters. The molecule has 1 aromatic heterocycles. The van der Waals surface area contributed by atoms with Crippen LogP contribution in [-0.4, -0.2) is 42.4 Å². The largest absolute Gasteiger partial charge is 0.333 e. The van der Waals surface area contributed by atoms with Crippen LogP contribution in [0.25, 0.3) is 0 Å². The molecule has 6 heteroatoms. The highest BCUT2D eigenvalue weighted by Gasteiger charge is 2.27. The summed E-state index contributed by atoms with van der Waals surface area (Å²) < 4.78 is 0. The molecule has 2 N–H and O–H groups in total. The minimum atomic E-state index is -0.449. The quantitative estimate of drug-likeness (QED) is 0.879. The molecule has 0 aromatic carbocycles. The van der Waals surface area contributed by atoms with Crippen LogP contribution in [0.4, 0.5) is 5.00 Å². The van der Waals surface area contributed by atoms with Crippen LogP contribution in [0.5, 0.6) is 0 Å². The summed E-state index contributed by atoms with van der Waals surface area (Å²) in [5.41, 5.74) is 0.472. The molecule has 1 aliphatic heterocycles. The van der Waals surface area contributed by atoms with Crippen LogP contribution in [-0.2, 0) is 4.79 Å². The first-order valence-corrected chi connectivity index (χ1v) is 8.45. The summed E-state index contributed by atoms with van der Waals surface area (Å²) in [7, 11) is 0. The van der Waals surface area contributed by atoms with Crippen LogP contribution < -0.4 is 10.6 Å². The number of nitrogens with one attached hydrogen (secondary N) is 2. The molecule has 22 heavy (non-hydrogen) atoms. The van der Waals surface area contributed by atoms with Crippen molar-refractivity contribution in [3.05, 3.63) is 16.5 Å². The smallest absolute Gasteiger partial charge is 0.264 e. The van der Waals surface area contributed by atoms with Gasteiger partial charge in [0.1, 0.15) is 0 Å². The first-order valence-electron chi connectivity index (χ1n) is 7.63. The van der Waals surface area contributed by atoms with Crippen molar-refractivity contribution in [1.82, 2.24) is 10.2 Å². The number of rotatable bonds is 2. The molecule has 1 fully saturated rings. The Kier molecular flexibility index (Phi) is 4.92. The molecule has 0 spiro atoms. The maximum Gasteiger partial charge on any atom is 0.264 e. The maximum atomic E-state index is 12.7. The van der Waals surface area contributed by atoms with Crippen molar-refractivity contribution >= 4 is 28.2 Å². The first kappa shape index (κ1) is 17.0. The van der Waals surface area contributed by atoms with Gasteiger partial charge in [0, 0.05) is 31.1 Å². The summed E-state index contributed by atoms with van der Waals surface area (Å²) in [5.74, 6) is 0.0241. The van der Waals surface area contributed by atoms with Gasteiger partial charge in [-0.3, -0.25) is 9.59 Å². The van der Waals surface area contributed by atoms with Gasteiger partial charge in [0.2, 0.25) is 5.91 Å². The van der Waals surface area contributed by atoms with Crippen molar-refractivity contribution in [3.63, 3.8) is 0 Å². The molecule has 1 atom stereocenters. The van der Waals surface area contributed by atoms with Crippen LogP contribution in [0, 0.1) is 12.3 Å². The van der Waals surface area contributed by atoms with Crippen LogP contribution >= 0.6 is 11.3 Å². The zero-order chi connectivity index (χ0) is 16.5. The van der Waals surface area contributed by atoms with Gasteiger partial charge in [-0.2, -0.15) is 0 Å². The van der Waals surface area contributed by atoms with E-state index in [4.69, 9.17) is 0 Å². The standard InChI is InChI=1S/C16H25N3O2S/c1-10-8-12(18-15(21)16(3,4)5)22-13(10)14(20)19-7-6-17-9-11(19)2/h8,11,17H,6-7,9H2,1-5H3,(H,18,21)/t11-/m0/s1. The maximum absolute atomic E-state index is 12.7. The van der Waals surface area contributed by atoms with Gasteiger partial charge < -0.3 is 15.5 Å². The molecule has 0 radical (unpaired) electrons. The molecule has 5 nitrogen and oxygen atoms in total. The van der Waals surface area contributed by atoms with Crippen LogP contribution in [0.3, 0.4) is 0 Å². The van der Waals surface area contributed by atoms with E-state index in [1.807, 2.05) is 38.7 Å². The monoisotopic (exact) mass is 323 g/mol. The minimum absolute atomic E-state index is 0.0386. The number of thiophene rings is 1. The lowest BCUT2D eigenvalue weighted by atomic mass is 9.96. The Labute approximate surface area is 136 Å². The number of aryl methyl sites for hydroxylation is 1. The van der Waals surface area contributed by atoms with E-state index in [1.54, 1.807) is 0 Å². The lowest BCUT2D eigenvalue weighted by Gasteiger charge is -2.33. The van der Waals surface area contributed by atoms with Gasteiger partial charge in [-0.1, -0.05) is 20.8 Å². The van der Waals surface area contributed by atoms with Crippen LogP contribution in [0.1, 0.15) is 42.9 Å². The Hall–Kier alpha value is -1.40. The van der Waals surface area contributed by atoms with Crippen molar-refractivity contribution in [1.29, 1.82) is 0 Å². The molecule has 2 amide bonds. The van der Waals surface area contributed by atoms with Crippen molar-refractivity contribution in [3.8, 4) is 0 Å². The summed E-state index contributed by atoms with van der Waals surface area (Å²) in [4.78, 5) is 27.4. The molecule has 2 rings (SSSR count). The van der Waals surface area contributed by atoms with Gasteiger partial charge in [0.15, 0.2) is 0 Å². The van der Waals surface area contributed by atoms with Gasteiger partial charge in [-0.25, -0.2) is 0 Å². The van der Waals surface area contributed by atoms with Crippen molar-refractivity contribution < 1.29 is 9.59 Å². The number of hydrogen-bond acceptors (Lipinski definition) is 4. The summed E-state index contributed by atoms with van der Waals surface area (Å²) in [6.45, 7) is 12.0. The van der Waals surface area contributed by atoms with Gasteiger partial charge in [0.05, 0.1) is 9.88 Å². The third-order valence-electron chi connectivity index (χ3n) is 3.79. The molecule has 0 bridgehead atoms. The van der Waals surface area contributed by atoms with E-state index in [0.29, 0.717) is 0 Å². The summed E-state index contributed by atoms with van der Waals surface area (Å²) in [6, 6.07) is 2.07. The Morgan fingerprint density at radius 1 is 1.41 bits per heavy atom. The Bertz CT molecular complexity index is 574. The number of nitrogens with zero attached hydrogens (tertiary/aromatic N) is 1. The number of amides is 2. The van der Waals surface area contributed by atoms with Crippen molar-refractivity contribution in [2.24, 2.45) is 5.41 Å². The fourth-order valence-corrected chi connectivity index (χ4v) is 3.35. The molecule has 2 heterocycles. The van der Waals surface area contributed by atoms with E-state index in [0.717, 1.165) is 35.1 Å². The summed E-state index contributed by atoms with van der Waals surface area (Å²) in [5, 5.41) is 6.93. The number of piperazine rings is 1. The van der Waals surface area contributed by atoms with Gasteiger partial charge in [-0.15, -0.1) is 11.3 Å². The van der Waals surface area contributed by atoms with E-state index in [2.05, 4.69) is 17.6 Å². The molecule has 1 aromatic rings. The van der Waals surface area contributed by atoms with E-state index in [-0.39, 0.29) is 17.9 Å². The second kappa shape index (κ2) is 6.38. The number of carbonyl (C=O) groups is 2. The predicted molar refractivity (Wildman–Crippen MR) is 90.5 cm³/mol. The fourth-order valence-electron chi connectivity index (χ4n) is 2.33. The van der Waals surface area contributed by atoms with Crippen LogP contribution in [0.2, 0.25) is 0 Å². The summed E-state index contributed by atoms with van der Waals surface area (Å²) >= 11 is 1.36. The van der Waals surface area contributed by atoms with Gasteiger partial charge in [-0.05, 0) is 25.5 Å². The second-order valence-electron chi connectivity index (χ2n) is 6.88. The lowest BCUT2D eigenvalue weighted by Crippen LogP contribution is -2.52. The third kappa shape index (κ3) is 3.67. The average Bonchev–Trinajstić information content (AvgIpc) is 2.78. The number of carbonyl (C=O) groups excluding carboxylic acids is 2. The molecule has 0 aliphatic carbocycles. The van der Waals surface area contributed by atoms with E-state index in [1.165, 1.54) is 11.3 Å². The molecule has 0 saturated carbocycles. The normalized spacial score (nSPS) is 19.1. The summed E-state index contributed by atoms with van der Waals surface area (Å²) in [6.07, 6.45) is 0. The average molecular weight is 323 g/mol. The Morgan fingerprint density at radius 3 is 2.68 bits per heavy atom. The zero-order valence-electron chi connectivity index (χ0n) is 13.9. The van der Waals surface area contributed by atoms with Crippen molar-refractivity contribution in [2.45, 2.75) is 40.7 Å². The topological polar surface area (TPSA) is 61.4 Å². The third-order valence-corrected chi connectivity index (χ3v) is 4.93. The SMILES string of the molecule is Cc1cc(NC(=O)C(C)(C)C)sc1C(=O)N1CCNC[C@@H]1C. The van der Waals surface area contributed by atoms with Gasteiger partial charge >= 0.3 is 0 Å². The minimum Gasteiger partial charge on any atom is -0.333 e. The fraction of sp³-hybridized carbons (Fsp3) is 0.625. The molecule has 1 aliphatic rings. The van der Waals surface area contributed by atoms with E-state index < -0.39 is 5.41 Å². The lowest BCUT2D eigenvalue weighted by molar-refractivity contribution is -0.123. The number of anilines is 1. The zero-order valence-corrected chi connectivity index (χ0v) is 14.8. The van der Waals surface area contributed by atoms with E-state index in [9.17, 15) is 9.59 Å². The Morgan fingerprint density at radius 2 is 2.09 bits per heavy atom. The molecule has 1 saturated heterocycles. The highest BCUT2D eigenvalue weighted by Crippen LogP contribution is 2.30.